The molecule has 1 aliphatic rings. The van der Waals surface area contributed by atoms with E-state index < -0.39 is 0 Å². The largest absolute Gasteiger partial charge is 0.350 e. The van der Waals surface area contributed by atoms with Gasteiger partial charge in [-0.25, -0.2) is 0 Å². The van der Waals surface area contributed by atoms with Crippen molar-refractivity contribution in [2.75, 3.05) is 13.2 Å². The van der Waals surface area contributed by atoms with Gasteiger partial charge in [0.05, 0.1) is 13.2 Å². The number of hydrogen-bond donors (Lipinski definition) is 0. The highest BCUT2D eigenvalue weighted by Gasteiger charge is 2.27. The second-order valence-corrected chi connectivity index (χ2v) is 7.18. The zero-order chi connectivity index (χ0) is 17.1. The Bertz CT molecular complexity index is 419. The number of hydrogen-bond acceptors (Lipinski definition) is 2. The lowest BCUT2D eigenvalue weighted by molar-refractivity contribution is -0.258. The summed E-state index contributed by atoms with van der Waals surface area (Å²) in [5.41, 5.74) is 4.39. The highest BCUT2D eigenvalue weighted by Crippen LogP contribution is 2.24. The average Bonchev–Trinajstić information content (AvgIpc) is 2.47. The molecule has 1 saturated heterocycles. The van der Waals surface area contributed by atoms with E-state index in [9.17, 15) is 0 Å². The fourth-order valence-electron chi connectivity index (χ4n) is 2.74. The van der Waals surface area contributed by atoms with Gasteiger partial charge in [-0.2, -0.15) is 0 Å². The summed E-state index contributed by atoms with van der Waals surface area (Å²) in [4.78, 5) is 0. The minimum Gasteiger partial charge on any atom is -0.350 e. The van der Waals surface area contributed by atoms with Crippen molar-refractivity contribution < 1.29 is 9.47 Å². The van der Waals surface area contributed by atoms with Crippen molar-refractivity contribution in [3.8, 4) is 0 Å². The summed E-state index contributed by atoms with van der Waals surface area (Å²) in [5.74, 6) is -0.365. The van der Waals surface area contributed by atoms with Crippen molar-refractivity contribution in [2.45, 2.75) is 85.4 Å². The zero-order valence-electron chi connectivity index (χ0n) is 15.9. The summed E-state index contributed by atoms with van der Waals surface area (Å²) < 4.78 is 11.5. The molecular formula is C21H36O2. The van der Waals surface area contributed by atoms with Gasteiger partial charge in [-0.05, 0) is 73.1 Å². The van der Waals surface area contributed by atoms with Crippen LogP contribution in [0.3, 0.4) is 0 Å². The minimum absolute atomic E-state index is 0.365. The molecule has 0 unspecified atom stereocenters. The number of rotatable bonds is 9. The number of ether oxygens (including phenoxy) is 2. The highest BCUT2D eigenvalue weighted by atomic mass is 16.7. The Morgan fingerprint density at radius 2 is 1.35 bits per heavy atom. The molecule has 1 rings (SSSR count). The van der Waals surface area contributed by atoms with Gasteiger partial charge in [-0.3, -0.25) is 0 Å². The summed E-state index contributed by atoms with van der Waals surface area (Å²) in [6.07, 6.45) is 14.7. The van der Waals surface area contributed by atoms with E-state index in [0.29, 0.717) is 0 Å². The Morgan fingerprint density at radius 3 is 1.91 bits per heavy atom. The maximum Gasteiger partial charge on any atom is 0.165 e. The van der Waals surface area contributed by atoms with Gasteiger partial charge in [0, 0.05) is 6.42 Å². The molecule has 2 heteroatoms. The van der Waals surface area contributed by atoms with Crippen LogP contribution in [-0.2, 0) is 9.47 Å². The van der Waals surface area contributed by atoms with Gasteiger partial charge in [0.1, 0.15) is 0 Å². The lowest BCUT2D eigenvalue weighted by atomic mass is 10.0. The van der Waals surface area contributed by atoms with Crippen LogP contribution in [0.4, 0.5) is 0 Å². The zero-order valence-corrected chi connectivity index (χ0v) is 15.9. The number of allylic oxidation sites excluding steroid dienone is 6. The minimum atomic E-state index is -0.365. The monoisotopic (exact) mass is 320 g/mol. The second kappa shape index (κ2) is 10.8. The van der Waals surface area contributed by atoms with Crippen molar-refractivity contribution in [2.24, 2.45) is 0 Å². The van der Waals surface area contributed by atoms with E-state index in [0.717, 1.165) is 51.7 Å². The first-order valence-electron chi connectivity index (χ1n) is 9.14. The van der Waals surface area contributed by atoms with Crippen molar-refractivity contribution in [1.29, 1.82) is 0 Å². The smallest absolute Gasteiger partial charge is 0.165 e. The summed E-state index contributed by atoms with van der Waals surface area (Å²) in [5, 5.41) is 0. The molecule has 0 aromatic carbocycles. The quantitative estimate of drug-likeness (QED) is 0.461. The van der Waals surface area contributed by atoms with E-state index in [1.54, 1.807) is 0 Å². The average molecular weight is 321 g/mol. The molecule has 23 heavy (non-hydrogen) atoms. The van der Waals surface area contributed by atoms with Crippen molar-refractivity contribution in [3.05, 3.63) is 34.9 Å². The molecule has 0 aromatic heterocycles. The van der Waals surface area contributed by atoms with Crippen LogP contribution in [0, 0.1) is 0 Å². The maximum absolute atomic E-state index is 5.75. The van der Waals surface area contributed by atoms with E-state index in [4.69, 9.17) is 9.47 Å². The van der Waals surface area contributed by atoms with Crippen molar-refractivity contribution in [3.63, 3.8) is 0 Å². The second-order valence-electron chi connectivity index (χ2n) is 7.18. The van der Waals surface area contributed by atoms with Gasteiger partial charge < -0.3 is 9.47 Å². The predicted octanol–water partition coefficient (Wildman–Crippen LogP) is 6.34. The molecule has 1 heterocycles. The third kappa shape index (κ3) is 9.78. The summed E-state index contributed by atoms with van der Waals surface area (Å²) >= 11 is 0. The molecule has 0 saturated carbocycles. The van der Waals surface area contributed by atoms with Gasteiger partial charge in [0.25, 0.3) is 0 Å². The molecule has 0 N–H and O–H groups in total. The standard InChI is InChI=1S/C21H36O2/c1-18(2)10-6-11-19(3)12-7-13-20(4)14-8-15-21(5)22-16-9-17-23-21/h10,12,14H,6-9,11,13,15-17H2,1-5H3. The van der Waals surface area contributed by atoms with Gasteiger partial charge >= 0.3 is 0 Å². The Balaban J connectivity index is 2.21. The first-order valence-corrected chi connectivity index (χ1v) is 9.14. The molecule has 0 spiro atoms. The van der Waals surface area contributed by atoms with Crippen molar-refractivity contribution >= 4 is 0 Å². The molecule has 0 radical (unpaired) electrons. The Hall–Kier alpha value is -0.860. The Morgan fingerprint density at radius 1 is 0.826 bits per heavy atom. The molecule has 1 aliphatic heterocycles. The molecule has 0 amide bonds. The first kappa shape index (κ1) is 20.2. The fourth-order valence-corrected chi connectivity index (χ4v) is 2.74. The van der Waals surface area contributed by atoms with Crippen molar-refractivity contribution in [1.82, 2.24) is 0 Å². The summed E-state index contributed by atoms with van der Waals surface area (Å²) in [6.45, 7) is 12.5. The van der Waals surface area contributed by atoms with Crippen LogP contribution in [0.2, 0.25) is 0 Å². The third-order valence-corrected chi connectivity index (χ3v) is 4.32. The normalized spacial score (nSPS) is 18.8. The Labute approximate surface area is 143 Å². The topological polar surface area (TPSA) is 18.5 Å². The SMILES string of the molecule is CC(C)=CCCC(C)=CCCC(C)=CCCC1(C)OCCCO1. The van der Waals surface area contributed by atoms with Crippen LogP contribution >= 0.6 is 0 Å². The molecule has 0 aromatic rings. The Kier molecular flexibility index (Phi) is 9.50. The van der Waals surface area contributed by atoms with E-state index in [1.165, 1.54) is 23.1 Å². The molecule has 132 valence electrons. The lowest BCUT2D eigenvalue weighted by Crippen LogP contribution is -2.37. The molecule has 0 aliphatic carbocycles. The maximum atomic E-state index is 5.75. The molecule has 1 fully saturated rings. The van der Waals surface area contributed by atoms with Crippen LogP contribution in [0.15, 0.2) is 34.9 Å². The summed E-state index contributed by atoms with van der Waals surface area (Å²) in [7, 11) is 0. The van der Waals surface area contributed by atoms with Crippen LogP contribution < -0.4 is 0 Å². The van der Waals surface area contributed by atoms with Gasteiger partial charge in [0.2, 0.25) is 0 Å². The van der Waals surface area contributed by atoms with Crippen LogP contribution in [0.5, 0.6) is 0 Å². The first-order chi connectivity index (χ1) is 10.9. The summed E-state index contributed by atoms with van der Waals surface area (Å²) in [6, 6.07) is 0. The van der Waals surface area contributed by atoms with Crippen LogP contribution in [0.1, 0.15) is 79.6 Å². The highest BCUT2D eigenvalue weighted by molar-refractivity contribution is 5.05. The lowest BCUT2D eigenvalue weighted by Gasteiger charge is -2.33. The molecular weight excluding hydrogens is 284 g/mol. The van der Waals surface area contributed by atoms with E-state index in [2.05, 4.69) is 52.8 Å². The predicted molar refractivity (Wildman–Crippen MR) is 99.6 cm³/mol. The van der Waals surface area contributed by atoms with Gasteiger partial charge in [-0.1, -0.05) is 34.9 Å². The van der Waals surface area contributed by atoms with Gasteiger partial charge in [0.15, 0.2) is 5.79 Å². The van der Waals surface area contributed by atoms with Gasteiger partial charge in [-0.15, -0.1) is 0 Å². The van der Waals surface area contributed by atoms with E-state index in [-0.39, 0.29) is 5.79 Å². The van der Waals surface area contributed by atoms with Crippen LogP contribution in [0.25, 0.3) is 0 Å². The van der Waals surface area contributed by atoms with E-state index in [1.807, 2.05) is 0 Å². The third-order valence-electron chi connectivity index (χ3n) is 4.32. The van der Waals surface area contributed by atoms with Crippen LogP contribution in [-0.4, -0.2) is 19.0 Å². The molecule has 2 nitrogen and oxygen atoms in total. The molecule has 0 bridgehead atoms. The fraction of sp³-hybridized carbons (Fsp3) is 0.714. The molecule has 0 atom stereocenters. The van der Waals surface area contributed by atoms with E-state index >= 15 is 0 Å².